The number of nitrogens with zero attached hydrogens (tertiary/aromatic N) is 8. The topological polar surface area (TPSA) is 160 Å². The number of benzene rings is 2. The first kappa shape index (κ1) is 45.6. The number of halogens is 4. The van der Waals surface area contributed by atoms with Crippen LogP contribution in [0.1, 0.15) is 83.3 Å². The molecule has 356 valence electrons. The summed E-state index contributed by atoms with van der Waals surface area (Å²) >= 11 is 12.9. The molecule has 5 amide bonds. The number of carbonyl (C=O) groups is 4. The molecular formula is C47H55Cl2F2N11O5. The second kappa shape index (κ2) is 18.1. The molecule has 1 aliphatic carbocycles. The molecule has 3 atom stereocenters. The molecule has 4 saturated heterocycles. The molecule has 7 heterocycles. The summed E-state index contributed by atoms with van der Waals surface area (Å²) < 4.78 is 39.6. The van der Waals surface area contributed by atoms with Crippen molar-refractivity contribution in [3.05, 3.63) is 75.0 Å². The van der Waals surface area contributed by atoms with Crippen molar-refractivity contribution in [2.75, 3.05) is 81.6 Å². The fraction of sp³-hybridized carbons (Fsp3) is 0.532. The molecule has 0 bridgehead atoms. The van der Waals surface area contributed by atoms with Gasteiger partial charge in [-0.15, -0.1) is 5.10 Å². The molecule has 10 rings (SSSR count). The Morgan fingerprint density at radius 1 is 0.925 bits per heavy atom. The Hall–Kier alpha value is -5.14. The van der Waals surface area contributed by atoms with Crippen molar-refractivity contribution in [2.24, 2.45) is 5.41 Å². The molecule has 4 aromatic rings. The molecular weight excluding hydrogens is 907 g/mol. The zero-order valence-electron chi connectivity index (χ0n) is 37.6. The van der Waals surface area contributed by atoms with Gasteiger partial charge in [-0.25, -0.2) is 23.1 Å². The Labute approximate surface area is 397 Å². The third-order valence-corrected chi connectivity index (χ3v) is 16.0. The highest BCUT2D eigenvalue weighted by atomic mass is 35.5. The van der Waals surface area contributed by atoms with Crippen molar-refractivity contribution in [2.45, 2.75) is 88.4 Å². The zero-order chi connectivity index (χ0) is 46.8. The van der Waals surface area contributed by atoms with E-state index >= 15 is 8.78 Å². The van der Waals surface area contributed by atoms with Crippen molar-refractivity contribution >= 4 is 75.5 Å². The van der Waals surface area contributed by atoms with Gasteiger partial charge < -0.3 is 25.2 Å². The van der Waals surface area contributed by atoms with Crippen molar-refractivity contribution in [3.8, 4) is 0 Å². The monoisotopic (exact) mass is 961 g/mol. The van der Waals surface area contributed by atoms with Crippen molar-refractivity contribution in [3.63, 3.8) is 0 Å². The molecule has 20 heteroatoms. The van der Waals surface area contributed by atoms with Gasteiger partial charge in [0.15, 0.2) is 17.2 Å². The highest BCUT2D eigenvalue weighted by molar-refractivity contribution is 6.44. The molecule has 1 saturated carbocycles. The summed E-state index contributed by atoms with van der Waals surface area (Å²) in [4.78, 5) is 65.1. The van der Waals surface area contributed by atoms with Crippen molar-refractivity contribution < 1.29 is 32.7 Å². The lowest BCUT2D eigenvalue weighted by atomic mass is 9.70. The molecule has 0 radical (unpaired) electrons. The minimum Gasteiger partial charge on any atom is -0.385 e. The van der Waals surface area contributed by atoms with E-state index in [2.05, 4.69) is 25.8 Å². The van der Waals surface area contributed by atoms with Crippen LogP contribution in [0.5, 0.6) is 0 Å². The normalized spacial score (nSPS) is 24.1. The van der Waals surface area contributed by atoms with E-state index in [1.165, 1.54) is 11.0 Å². The molecule has 2 aromatic carbocycles. The molecule has 0 unspecified atom stereocenters. The number of methoxy groups -OCH3 is 1. The van der Waals surface area contributed by atoms with Crippen LogP contribution in [0.2, 0.25) is 10.0 Å². The SMILES string of the molecule is CNc1cc(N2CCc3c(CN4CC[C@@H](N5CCC6(CCN(C(=O)c7cc(Cl)c(Cl)c(N8CCC(=O)NC8=O)c7)CC6)CC5)C(F)(F)C4)cccc32)nn2c(C(=O)N[C@@H]3CC[C@H]3OC)cnc12. The van der Waals surface area contributed by atoms with Gasteiger partial charge in [0.05, 0.1) is 52.3 Å². The average molecular weight is 963 g/mol. The molecule has 5 fully saturated rings. The number of piperidine rings is 3. The lowest BCUT2D eigenvalue weighted by molar-refractivity contribution is -0.139. The number of anilines is 4. The largest absolute Gasteiger partial charge is 0.385 e. The van der Waals surface area contributed by atoms with E-state index in [1.807, 2.05) is 41.1 Å². The summed E-state index contributed by atoms with van der Waals surface area (Å²) in [5.41, 5.74) is 5.25. The van der Waals surface area contributed by atoms with Crippen LogP contribution in [0, 0.1) is 5.41 Å². The number of hydrogen-bond donors (Lipinski definition) is 3. The number of rotatable bonds is 10. The van der Waals surface area contributed by atoms with Gasteiger partial charge in [-0.1, -0.05) is 35.3 Å². The first-order chi connectivity index (χ1) is 32.2. The number of ether oxygens (including phenoxy) is 1. The number of fused-ring (bicyclic) bond motifs is 2. The number of amides is 5. The predicted molar refractivity (Wildman–Crippen MR) is 250 cm³/mol. The van der Waals surface area contributed by atoms with E-state index in [0.29, 0.717) is 75.0 Å². The fourth-order valence-electron chi connectivity index (χ4n) is 11.2. The Bertz CT molecular complexity index is 2610. The van der Waals surface area contributed by atoms with Crippen LogP contribution in [-0.4, -0.2) is 144 Å². The number of aromatic nitrogens is 3. The van der Waals surface area contributed by atoms with Crippen LogP contribution in [-0.2, 0) is 22.5 Å². The number of imide groups is 1. The molecule has 67 heavy (non-hydrogen) atoms. The maximum absolute atomic E-state index is 16.3. The minimum absolute atomic E-state index is 0.00987. The third kappa shape index (κ3) is 8.57. The van der Waals surface area contributed by atoms with Crippen LogP contribution < -0.4 is 25.8 Å². The molecule has 5 aliphatic heterocycles. The lowest BCUT2D eigenvalue weighted by Gasteiger charge is -2.51. The van der Waals surface area contributed by atoms with Crippen LogP contribution in [0.3, 0.4) is 0 Å². The predicted octanol–water partition coefficient (Wildman–Crippen LogP) is 6.35. The first-order valence-electron chi connectivity index (χ1n) is 23.3. The molecule has 3 N–H and O–H groups in total. The van der Waals surface area contributed by atoms with Crippen LogP contribution in [0.4, 0.5) is 36.5 Å². The quantitative estimate of drug-likeness (QED) is 0.163. The van der Waals surface area contributed by atoms with Gasteiger partial charge in [-0.2, -0.15) is 0 Å². The average Bonchev–Trinajstić information content (AvgIpc) is 3.95. The highest BCUT2D eigenvalue weighted by Gasteiger charge is 2.50. The second-order valence-corrected chi connectivity index (χ2v) is 19.7. The Balaban J connectivity index is 0.750. The summed E-state index contributed by atoms with van der Waals surface area (Å²) in [6, 6.07) is 9.53. The summed E-state index contributed by atoms with van der Waals surface area (Å²) in [5, 5.41) is 13.7. The Morgan fingerprint density at radius 3 is 2.39 bits per heavy atom. The summed E-state index contributed by atoms with van der Waals surface area (Å²) in [6.45, 7) is 3.63. The van der Waals surface area contributed by atoms with Gasteiger partial charge in [-0.05, 0) is 99.2 Å². The van der Waals surface area contributed by atoms with Crippen LogP contribution >= 0.6 is 23.2 Å². The van der Waals surface area contributed by atoms with E-state index in [4.69, 9.17) is 33.0 Å². The zero-order valence-corrected chi connectivity index (χ0v) is 39.1. The summed E-state index contributed by atoms with van der Waals surface area (Å²) in [7, 11) is 3.46. The van der Waals surface area contributed by atoms with Crippen molar-refractivity contribution in [1.29, 1.82) is 0 Å². The van der Waals surface area contributed by atoms with Gasteiger partial charge in [0, 0.05) is 77.2 Å². The summed E-state index contributed by atoms with van der Waals surface area (Å²) in [6.07, 6.45) is 7.60. The van der Waals surface area contributed by atoms with E-state index in [9.17, 15) is 19.2 Å². The van der Waals surface area contributed by atoms with Gasteiger partial charge in [0.1, 0.15) is 0 Å². The Kier molecular flexibility index (Phi) is 12.3. The number of alkyl halides is 2. The standard InChI is InChI=1S/C47H55Cl2F2N11O5/c1-52-33-24-39(56-62-36(25-53-42(33)62)43(64)54-32-6-7-37(32)67-2)60-16-8-30-28(4-3-5-34(30)60)26-57-15-9-38(47(50,51)27-57)58-18-11-46(12-19-58)13-20-59(21-14-46)44(65)29-22-31(48)41(49)35(23-29)61-17-10-40(63)55-45(61)66/h3-5,22-25,32,37-38,52H,6-21,26-27H2,1-2H3,(H,54,64)(H,55,63,66)/t32-,37-,38-/m1/s1. The van der Waals surface area contributed by atoms with Gasteiger partial charge >= 0.3 is 6.03 Å². The number of carbonyl (C=O) groups excluding carboxylic acids is 4. The Morgan fingerprint density at radius 2 is 1.69 bits per heavy atom. The first-order valence-corrected chi connectivity index (χ1v) is 24.0. The lowest BCUT2D eigenvalue weighted by Crippen LogP contribution is -2.60. The molecule has 6 aliphatic rings. The second-order valence-electron chi connectivity index (χ2n) is 18.9. The highest BCUT2D eigenvalue weighted by Crippen LogP contribution is 2.45. The number of urea groups is 1. The molecule has 16 nitrogen and oxygen atoms in total. The maximum atomic E-state index is 16.3. The van der Waals surface area contributed by atoms with E-state index < -0.39 is 18.0 Å². The van der Waals surface area contributed by atoms with Gasteiger partial charge in [-0.3, -0.25) is 34.4 Å². The van der Waals surface area contributed by atoms with Crippen LogP contribution in [0.25, 0.3) is 5.65 Å². The van der Waals surface area contributed by atoms with Crippen LogP contribution in [0.15, 0.2) is 42.6 Å². The number of hydrogen-bond acceptors (Lipinski definition) is 11. The third-order valence-electron chi connectivity index (χ3n) is 15.2. The minimum atomic E-state index is -2.90. The van der Waals surface area contributed by atoms with Gasteiger partial charge in [0.25, 0.3) is 17.7 Å². The number of nitrogens with one attached hydrogen (secondary N) is 3. The van der Waals surface area contributed by atoms with E-state index in [-0.39, 0.29) is 70.5 Å². The summed E-state index contributed by atoms with van der Waals surface area (Å²) in [5.74, 6) is -3.12. The fourth-order valence-corrected chi connectivity index (χ4v) is 11.6. The number of imidazole rings is 1. The van der Waals surface area contributed by atoms with Gasteiger partial charge in [0.2, 0.25) is 5.91 Å². The van der Waals surface area contributed by atoms with Crippen molar-refractivity contribution in [1.82, 2.24) is 39.9 Å². The molecule has 2 aromatic heterocycles. The smallest absolute Gasteiger partial charge is 0.328 e. The van der Waals surface area contributed by atoms with E-state index in [0.717, 1.165) is 67.4 Å². The van der Waals surface area contributed by atoms with E-state index in [1.54, 1.807) is 28.8 Å². The maximum Gasteiger partial charge on any atom is 0.328 e. The molecule has 1 spiro atoms. The number of likely N-dealkylation sites (tertiary alicyclic amines) is 3.